The van der Waals surface area contributed by atoms with E-state index >= 15 is 0 Å². The fourth-order valence-corrected chi connectivity index (χ4v) is 2.11. The Morgan fingerprint density at radius 1 is 1.71 bits per heavy atom. The fourth-order valence-electron chi connectivity index (χ4n) is 2.11. The van der Waals surface area contributed by atoms with Gasteiger partial charge in [0, 0.05) is 13.6 Å². The molecule has 1 amide bonds. The van der Waals surface area contributed by atoms with Gasteiger partial charge in [0.15, 0.2) is 0 Å². The minimum Gasteiger partial charge on any atom is -0.453 e. The standard InChI is InChI=1S/C10H17N5O2/c1-15-6-8(13-14-15)10(12-9(16)17-2)4-3-5-11-7-10/h6,11H,3-5,7H2,1-2H3,(H,12,16). The lowest BCUT2D eigenvalue weighted by Gasteiger charge is -2.36. The number of carbonyl (C=O) groups excluding carboxylic acids is 1. The normalized spacial score (nSPS) is 24.4. The molecule has 17 heavy (non-hydrogen) atoms. The third kappa shape index (κ3) is 2.38. The maximum atomic E-state index is 11.4. The number of methoxy groups -OCH3 is 1. The van der Waals surface area contributed by atoms with E-state index in [0.29, 0.717) is 6.54 Å². The zero-order valence-electron chi connectivity index (χ0n) is 10.1. The molecule has 0 radical (unpaired) electrons. The number of rotatable bonds is 2. The number of carbonyl (C=O) groups is 1. The highest BCUT2D eigenvalue weighted by Gasteiger charge is 2.38. The molecular formula is C10H17N5O2. The van der Waals surface area contributed by atoms with Crippen LogP contribution in [0.2, 0.25) is 0 Å². The summed E-state index contributed by atoms with van der Waals surface area (Å²) < 4.78 is 6.30. The van der Waals surface area contributed by atoms with Crippen LogP contribution in [0.4, 0.5) is 4.79 Å². The molecule has 0 saturated carbocycles. The van der Waals surface area contributed by atoms with E-state index in [4.69, 9.17) is 0 Å². The van der Waals surface area contributed by atoms with E-state index in [0.717, 1.165) is 25.1 Å². The number of piperidine rings is 1. The molecule has 0 aromatic carbocycles. The van der Waals surface area contributed by atoms with Gasteiger partial charge in [0.05, 0.1) is 13.3 Å². The molecule has 94 valence electrons. The van der Waals surface area contributed by atoms with Gasteiger partial charge < -0.3 is 15.4 Å². The number of amides is 1. The van der Waals surface area contributed by atoms with E-state index in [9.17, 15) is 4.79 Å². The molecule has 7 nitrogen and oxygen atoms in total. The van der Waals surface area contributed by atoms with Gasteiger partial charge in [0.1, 0.15) is 11.2 Å². The van der Waals surface area contributed by atoms with Crippen LogP contribution in [0.3, 0.4) is 0 Å². The highest BCUT2D eigenvalue weighted by molar-refractivity contribution is 5.68. The van der Waals surface area contributed by atoms with Crippen molar-refractivity contribution < 1.29 is 9.53 Å². The number of hydrogen-bond donors (Lipinski definition) is 2. The third-order valence-electron chi connectivity index (χ3n) is 3.00. The van der Waals surface area contributed by atoms with E-state index in [-0.39, 0.29) is 0 Å². The molecule has 1 aliphatic heterocycles. The van der Waals surface area contributed by atoms with Gasteiger partial charge >= 0.3 is 6.09 Å². The van der Waals surface area contributed by atoms with Crippen molar-refractivity contribution in [2.45, 2.75) is 18.4 Å². The van der Waals surface area contributed by atoms with Crippen LogP contribution in [-0.2, 0) is 17.3 Å². The van der Waals surface area contributed by atoms with Crippen molar-refractivity contribution in [3.63, 3.8) is 0 Å². The van der Waals surface area contributed by atoms with Crippen LogP contribution in [0.5, 0.6) is 0 Å². The molecule has 1 fully saturated rings. The monoisotopic (exact) mass is 239 g/mol. The molecule has 2 N–H and O–H groups in total. The predicted octanol–water partition coefficient (Wildman–Crippen LogP) is -0.250. The van der Waals surface area contributed by atoms with Crippen molar-refractivity contribution in [1.29, 1.82) is 0 Å². The fraction of sp³-hybridized carbons (Fsp3) is 0.700. The number of aryl methyl sites for hydroxylation is 1. The van der Waals surface area contributed by atoms with E-state index in [2.05, 4.69) is 25.7 Å². The summed E-state index contributed by atoms with van der Waals surface area (Å²) in [6.45, 7) is 1.59. The summed E-state index contributed by atoms with van der Waals surface area (Å²) in [6.07, 6.45) is 3.18. The van der Waals surface area contributed by atoms with Crippen LogP contribution >= 0.6 is 0 Å². The molecule has 0 bridgehead atoms. The molecule has 2 rings (SSSR count). The molecule has 1 aliphatic rings. The molecule has 1 aromatic heterocycles. The first-order valence-electron chi connectivity index (χ1n) is 5.60. The summed E-state index contributed by atoms with van der Waals surface area (Å²) in [5.41, 5.74) is 0.247. The Morgan fingerprint density at radius 3 is 3.06 bits per heavy atom. The Hall–Kier alpha value is -1.63. The molecule has 7 heteroatoms. The van der Waals surface area contributed by atoms with E-state index in [1.54, 1.807) is 11.7 Å². The first kappa shape index (κ1) is 11.8. The Labute approximate surface area is 99.5 Å². The molecule has 2 heterocycles. The number of ether oxygens (including phenoxy) is 1. The summed E-state index contributed by atoms with van der Waals surface area (Å²) in [5.74, 6) is 0. The number of alkyl carbamates (subject to hydrolysis) is 1. The number of nitrogens with zero attached hydrogens (tertiary/aromatic N) is 3. The number of aromatic nitrogens is 3. The summed E-state index contributed by atoms with van der Waals surface area (Å²) in [5, 5.41) is 14.2. The van der Waals surface area contributed by atoms with Gasteiger partial charge in [-0.1, -0.05) is 5.21 Å². The lowest BCUT2D eigenvalue weighted by Crippen LogP contribution is -2.55. The second kappa shape index (κ2) is 4.70. The lowest BCUT2D eigenvalue weighted by molar-refractivity contribution is 0.145. The zero-order chi connectivity index (χ0) is 12.3. The maximum Gasteiger partial charge on any atom is 0.407 e. The Balaban J connectivity index is 2.25. The molecule has 1 atom stereocenters. The van der Waals surface area contributed by atoms with Crippen LogP contribution < -0.4 is 10.6 Å². The van der Waals surface area contributed by atoms with Crippen molar-refractivity contribution >= 4 is 6.09 Å². The minimum absolute atomic E-state index is 0.445. The molecule has 0 aliphatic carbocycles. The van der Waals surface area contributed by atoms with Crippen LogP contribution in [0, 0.1) is 0 Å². The Kier molecular flexibility index (Phi) is 3.28. The molecule has 1 unspecified atom stereocenters. The van der Waals surface area contributed by atoms with Gasteiger partial charge in [0.25, 0.3) is 0 Å². The molecule has 1 aromatic rings. The van der Waals surface area contributed by atoms with Crippen molar-refractivity contribution in [3.8, 4) is 0 Å². The average Bonchev–Trinajstić information content (AvgIpc) is 2.77. The van der Waals surface area contributed by atoms with Gasteiger partial charge in [-0.3, -0.25) is 4.68 Å². The van der Waals surface area contributed by atoms with Crippen molar-refractivity contribution in [3.05, 3.63) is 11.9 Å². The number of hydrogen-bond acceptors (Lipinski definition) is 5. The first-order chi connectivity index (χ1) is 8.16. The van der Waals surface area contributed by atoms with E-state index in [1.165, 1.54) is 7.11 Å². The van der Waals surface area contributed by atoms with Crippen LogP contribution in [0.15, 0.2) is 6.20 Å². The topological polar surface area (TPSA) is 81.1 Å². The average molecular weight is 239 g/mol. The van der Waals surface area contributed by atoms with E-state index in [1.807, 2.05) is 6.20 Å². The number of nitrogens with one attached hydrogen (secondary N) is 2. The summed E-state index contributed by atoms with van der Waals surface area (Å²) in [6, 6.07) is 0. The van der Waals surface area contributed by atoms with Gasteiger partial charge in [-0.05, 0) is 19.4 Å². The third-order valence-corrected chi connectivity index (χ3v) is 3.00. The molecule has 1 saturated heterocycles. The first-order valence-corrected chi connectivity index (χ1v) is 5.60. The minimum atomic E-state index is -0.514. The summed E-state index contributed by atoms with van der Waals surface area (Å²) in [7, 11) is 3.16. The van der Waals surface area contributed by atoms with Crippen LogP contribution in [-0.4, -0.2) is 41.3 Å². The zero-order valence-corrected chi connectivity index (χ0v) is 10.1. The molecular weight excluding hydrogens is 222 g/mol. The van der Waals surface area contributed by atoms with Crippen molar-refractivity contribution in [2.75, 3.05) is 20.2 Å². The van der Waals surface area contributed by atoms with Crippen molar-refractivity contribution in [1.82, 2.24) is 25.6 Å². The highest BCUT2D eigenvalue weighted by atomic mass is 16.5. The summed E-state index contributed by atoms with van der Waals surface area (Å²) >= 11 is 0. The largest absolute Gasteiger partial charge is 0.453 e. The quantitative estimate of drug-likeness (QED) is 0.743. The smallest absolute Gasteiger partial charge is 0.407 e. The Bertz CT molecular complexity index is 397. The van der Waals surface area contributed by atoms with Gasteiger partial charge in [0.2, 0.25) is 0 Å². The second-order valence-corrected chi connectivity index (χ2v) is 4.26. The van der Waals surface area contributed by atoms with Gasteiger partial charge in [-0.15, -0.1) is 5.10 Å². The summed E-state index contributed by atoms with van der Waals surface area (Å²) in [4.78, 5) is 11.4. The molecule has 0 spiro atoms. The van der Waals surface area contributed by atoms with Crippen LogP contribution in [0.25, 0.3) is 0 Å². The highest BCUT2D eigenvalue weighted by Crippen LogP contribution is 2.26. The van der Waals surface area contributed by atoms with Gasteiger partial charge in [-0.25, -0.2) is 4.79 Å². The SMILES string of the molecule is COC(=O)NC1(c2cn(C)nn2)CCCNC1. The Morgan fingerprint density at radius 2 is 2.53 bits per heavy atom. The lowest BCUT2D eigenvalue weighted by atomic mass is 9.87. The second-order valence-electron chi connectivity index (χ2n) is 4.26. The van der Waals surface area contributed by atoms with E-state index < -0.39 is 11.6 Å². The van der Waals surface area contributed by atoms with Gasteiger partial charge in [-0.2, -0.15) is 0 Å². The maximum absolute atomic E-state index is 11.4. The van der Waals surface area contributed by atoms with Crippen molar-refractivity contribution in [2.24, 2.45) is 7.05 Å². The van der Waals surface area contributed by atoms with Crippen LogP contribution in [0.1, 0.15) is 18.5 Å². The predicted molar refractivity (Wildman–Crippen MR) is 60.3 cm³/mol.